The average molecular weight is 1700 g/mol. The lowest BCUT2D eigenvalue weighted by molar-refractivity contribution is -0.116. The molecule has 0 unspecified atom stereocenters. The van der Waals surface area contributed by atoms with Gasteiger partial charge in [-0.2, -0.15) is 0 Å². The molecule has 4 saturated heterocycles. The molecule has 20 rings (SSSR count). The summed E-state index contributed by atoms with van der Waals surface area (Å²) >= 11 is 0. The Bertz CT molecular complexity index is 6280. The van der Waals surface area contributed by atoms with E-state index in [0.29, 0.717) is 60.9 Å². The highest BCUT2D eigenvalue weighted by Crippen LogP contribution is 2.34. The maximum atomic E-state index is 11.8. The van der Waals surface area contributed by atoms with Crippen molar-refractivity contribution in [1.82, 2.24) is 95.1 Å². The number of carbonyl (C=O) groups excluding carboxylic acids is 1. The highest BCUT2D eigenvalue weighted by atomic mass is 16.5. The van der Waals surface area contributed by atoms with Crippen LogP contribution in [-0.2, 0) is 30.2 Å². The van der Waals surface area contributed by atoms with Crippen LogP contribution in [0, 0.1) is 13.8 Å². The second-order valence-corrected chi connectivity index (χ2v) is 30.0. The summed E-state index contributed by atoms with van der Waals surface area (Å²) in [6.07, 6.45) is 16.0. The number of hydrogen-bond acceptors (Lipinski definition) is 31. The molecule has 0 spiro atoms. The number of morpholine rings is 4. The van der Waals surface area contributed by atoms with Crippen LogP contribution >= 0.6 is 0 Å². The van der Waals surface area contributed by atoms with Crippen molar-refractivity contribution in [2.45, 2.75) is 27.2 Å². The summed E-state index contributed by atoms with van der Waals surface area (Å²) in [6.45, 7) is 18.2. The van der Waals surface area contributed by atoms with Gasteiger partial charge in [-0.3, -0.25) is 4.79 Å². The number of hydrogen-bond donors (Lipinski definition) is 5. The van der Waals surface area contributed by atoms with Gasteiger partial charge in [-0.25, -0.2) is 53.9 Å². The molecule has 4 aliphatic rings. The minimum Gasteiger partial charge on any atom is -0.421 e. The van der Waals surface area contributed by atoms with E-state index in [2.05, 4.69) is 174 Å². The molecule has 34 nitrogen and oxygen atoms in total. The fourth-order valence-corrected chi connectivity index (χ4v) is 14.6. The summed E-state index contributed by atoms with van der Waals surface area (Å²) in [5.41, 5.74) is 27.9. The molecule has 8 aromatic carbocycles. The summed E-state index contributed by atoms with van der Waals surface area (Å²) in [5.74, 6) is 3.28. The molecule has 127 heavy (non-hydrogen) atoms. The van der Waals surface area contributed by atoms with E-state index in [4.69, 9.17) is 44.1 Å². The predicted octanol–water partition coefficient (Wildman–Crippen LogP) is 14.0. The number of carbonyl (C=O) groups is 1. The average Bonchev–Trinajstić information content (AvgIpc) is 1.08. The molecule has 0 amide bonds. The van der Waals surface area contributed by atoms with Gasteiger partial charge < -0.3 is 70.0 Å². The van der Waals surface area contributed by atoms with Gasteiger partial charge in [-0.1, -0.05) is 39.9 Å². The van der Waals surface area contributed by atoms with Crippen molar-refractivity contribution in [3.8, 4) is 73.5 Å². The molecule has 0 aliphatic carbocycles. The van der Waals surface area contributed by atoms with E-state index in [1.54, 1.807) is 83.7 Å². The third kappa shape index (κ3) is 22.2. The maximum Gasteiger partial charge on any atom is 0.247 e. The summed E-state index contributed by atoms with van der Waals surface area (Å²) in [7, 11) is 0. The van der Waals surface area contributed by atoms with E-state index < -0.39 is 0 Å². The van der Waals surface area contributed by atoms with Crippen LogP contribution in [0.2, 0.25) is 0 Å². The zero-order valence-corrected chi connectivity index (χ0v) is 70.2. The molecular formula is C93H92N28O6. The summed E-state index contributed by atoms with van der Waals surface area (Å²) < 4.78 is 32.5. The molecular weight excluding hydrogens is 1610 g/mol. The van der Waals surface area contributed by atoms with Gasteiger partial charge in [0.05, 0.1) is 129 Å². The van der Waals surface area contributed by atoms with E-state index in [0.717, 1.165) is 205 Å². The predicted molar refractivity (Wildman–Crippen MR) is 487 cm³/mol. The number of aromatic nitrogens is 19. The van der Waals surface area contributed by atoms with Gasteiger partial charge in [0.15, 0.2) is 0 Å². The van der Waals surface area contributed by atoms with Gasteiger partial charge in [-0.15, -0.1) is 25.5 Å². The van der Waals surface area contributed by atoms with Crippen LogP contribution in [0.3, 0.4) is 0 Å². The Hall–Kier alpha value is -15.7. The largest absolute Gasteiger partial charge is 0.421 e. The molecule has 6 N–H and O–H groups in total. The first-order valence-electron chi connectivity index (χ1n) is 41.7. The zero-order chi connectivity index (χ0) is 86.5. The van der Waals surface area contributed by atoms with Gasteiger partial charge in [-0.05, 0) is 201 Å². The van der Waals surface area contributed by atoms with Crippen LogP contribution in [0.15, 0.2) is 266 Å². The Balaban J connectivity index is 0.000000119. The molecule has 0 saturated carbocycles. The highest BCUT2D eigenvalue weighted by Gasteiger charge is 2.21. The standard InChI is InChI=1S/C25H25N7O2.C23H23N7O.C23H22N6O2.C22H22N8O/c1-18(33)14-19-15-20(17-23(16-19)31-10-12-34-13-11-31)24-6-7-26-25(29-24)28-21-2-4-22(5-3-21)32-9-8-27-30-32;1-17-16-25-28-30(17)20-7-5-19(6-8-20)26-23-24-10-9-22(27-23)18-3-2-4-21(15-18)29-11-13-31-14-12-29;1-16-27-28-22(31-16)17-5-7-19(8-6-17)25-23-24-10-9-21(26-23)18-3-2-4-20(15-18)29-11-13-30-14-12-29;23-17-13-16(14-20(15-17)29-9-11-31-12-10-29)21-5-6-24-22(27-21)26-18-1-3-19(4-2-18)30-8-7-25-28-30/h2-9,15-17H,10-14H2,1H3,(H,26,28,29);2-10,15-16H,11-14H2,1H3,(H,24,26,27);2-10,15H,11-14H2,1H3,(H,24,25,26);1-8,13-15H,9-12,23H2,(H,24,26,27). The molecule has 12 heterocycles. The Labute approximate surface area is 731 Å². The molecule has 640 valence electrons. The molecule has 0 atom stereocenters. The fourth-order valence-electron chi connectivity index (χ4n) is 14.6. The van der Waals surface area contributed by atoms with E-state index in [1.165, 1.54) is 11.4 Å². The zero-order valence-electron chi connectivity index (χ0n) is 70.2. The Morgan fingerprint density at radius 1 is 0.370 bits per heavy atom. The molecule has 16 aromatic rings. The van der Waals surface area contributed by atoms with Crippen molar-refractivity contribution in [3.05, 3.63) is 279 Å². The van der Waals surface area contributed by atoms with Gasteiger partial charge in [0.25, 0.3) is 0 Å². The van der Waals surface area contributed by atoms with Crippen LogP contribution in [0.1, 0.15) is 24.1 Å². The van der Waals surface area contributed by atoms with Crippen molar-refractivity contribution in [2.24, 2.45) is 0 Å². The fraction of sp³-hybridized carbons (Fsp3) is 0.215. The minimum absolute atomic E-state index is 0.129. The first-order chi connectivity index (χ1) is 62.4. The highest BCUT2D eigenvalue weighted by molar-refractivity contribution is 5.80. The number of nitrogens with one attached hydrogen (secondary N) is 4. The number of benzene rings is 8. The molecule has 4 fully saturated rings. The van der Waals surface area contributed by atoms with Crippen molar-refractivity contribution in [3.63, 3.8) is 0 Å². The summed E-state index contributed by atoms with van der Waals surface area (Å²) in [6, 6.07) is 68.0. The Morgan fingerprint density at radius 3 is 1.14 bits per heavy atom. The number of aryl methyl sites for hydroxylation is 2. The number of ketones is 1. The van der Waals surface area contributed by atoms with Crippen LogP contribution in [0.5, 0.6) is 0 Å². The van der Waals surface area contributed by atoms with E-state index in [-0.39, 0.29) is 5.78 Å². The van der Waals surface area contributed by atoms with Crippen molar-refractivity contribution < 1.29 is 28.2 Å². The van der Waals surface area contributed by atoms with Gasteiger partial charge in [0, 0.05) is 169 Å². The number of ether oxygens (including phenoxy) is 4. The van der Waals surface area contributed by atoms with Crippen LogP contribution < -0.4 is 46.6 Å². The first-order valence-corrected chi connectivity index (χ1v) is 41.7. The van der Waals surface area contributed by atoms with E-state index in [9.17, 15) is 4.79 Å². The topological polar surface area (TPSA) is 375 Å². The minimum atomic E-state index is 0.129. The van der Waals surface area contributed by atoms with Crippen molar-refractivity contribution in [1.29, 1.82) is 0 Å². The first kappa shape index (κ1) is 83.6. The van der Waals surface area contributed by atoms with Gasteiger partial charge in [0.2, 0.25) is 35.6 Å². The molecule has 8 aromatic heterocycles. The second kappa shape index (κ2) is 40.6. The van der Waals surface area contributed by atoms with Crippen molar-refractivity contribution in [2.75, 3.05) is 152 Å². The summed E-state index contributed by atoms with van der Waals surface area (Å²) in [4.78, 5) is 57.4. The quantitative estimate of drug-likeness (QED) is 0.0393. The lowest BCUT2D eigenvalue weighted by Crippen LogP contribution is -2.36. The third-order valence-electron chi connectivity index (χ3n) is 21.0. The van der Waals surface area contributed by atoms with Crippen molar-refractivity contribution >= 4 is 80.8 Å². The SMILES string of the molecule is CC(=O)Cc1cc(-c2ccnc(Nc3ccc(-n4ccnn4)cc3)n2)cc(N2CCOCC2)c1.Cc1cnnn1-c1ccc(Nc2nccc(-c3cccc(N4CCOCC4)c3)n2)cc1.Cc1nnc(-c2ccc(Nc3nccc(-c4cccc(N5CCOCC5)c4)n3)cc2)o1.Nc1cc(-c2ccnc(Nc3ccc(-n4ccnn4)cc3)n2)cc(N2CCOCC2)c1. The second-order valence-electron chi connectivity index (χ2n) is 30.0. The third-order valence-corrected chi connectivity index (χ3v) is 21.0. The smallest absolute Gasteiger partial charge is 0.247 e. The lowest BCUT2D eigenvalue weighted by Gasteiger charge is -2.29. The van der Waals surface area contributed by atoms with Gasteiger partial charge >= 0.3 is 0 Å². The van der Waals surface area contributed by atoms with E-state index >= 15 is 0 Å². The monoisotopic (exact) mass is 1700 g/mol. The molecule has 34 heteroatoms. The lowest BCUT2D eigenvalue weighted by atomic mass is 10.0. The Kier molecular flexibility index (Phi) is 26.7. The Morgan fingerprint density at radius 2 is 0.756 bits per heavy atom. The summed E-state index contributed by atoms with van der Waals surface area (Å²) in [5, 5.41) is 44.7. The van der Waals surface area contributed by atoms with Crippen LogP contribution in [0.4, 0.5) is 75.0 Å². The number of nitrogens with zero attached hydrogens (tertiary/aromatic N) is 23. The number of anilines is 13. The molecule has 4 aliphatic heterocycles. The number of nitrogen functional groups attached to an aromatic ring is 1. The van der Waals surface area contributed by atoms with Crippen LogP contribution in [-0.4, -0.2) is 206 Å². The van der Waals surface area contributed by atoms with E-state index in [1.807, 2.05) is 146 Å². The molecule has 0 bridgehead atoms. The maximum absolute atomic E-state index is 11.8. The normalized spacial score (nSPS) is 13.8. The molecule has 0 radical (unpaired) electrons. The number of nitrogens with two attached hydrogens (primary N) is 1. The number of rotatable bonds is 22. The number of Topliss-reactive ketones (excluding diaryl/α,β-unsaturated/α-hetero) is 1. The van der Waals surface area contributed by atoms with Crippen LogP contribution in [0.25, 0.3) is 73.5 Å². The van der Waals surface area contributed by atoms with Gasteiger partial charge in [0.1, 0.15) is 5.78 Å².